The van der Waals surface area contributed by atoms with Crippen LogP contribution in [0.2, 0.25) is 5.02 Å². The summed E-state index contributed by atoms with van der Waals surface area (Å²) in [5.41, 5.74) is 6.65. The third kappa shape index (κ3) is 2.85. The standard InChI is InChI=1S/C22H17ClF2/c1-2-13-3-7-17-14(9-13)4-5-15-10-19(21(24)12-18(15)17)16-6-8-20(23)22(25)11-16/h3,6-12H,2,4-5H2,1H3. The highest BCUT2D eigenvalue weighted by molar-refractivity contribution is 6.30. The summed E-state index contributed by atoms with van der Waals surface area (Å²) in [5.74, 6) is -0.874. The summed E-state index contributed by atoms with van der Waals surface area (Å²) in [5, 5.41) is 0.0442. The van der Waals surface area contributed by atoms with E-state index in [0.717, 1.165) is 36.0 Å². The van der Waals surface area contributed by atoms with E-state index < -0.39 is 5.82 Å². The summed E-state index contributed by atoms with van der Waals surface area (Å²) in [6.07, 6.45) is 2.80. The second kappa shape index (κ2) is 6.27. The van der Waals surface area contributed by atoms with Gasteiger partial charge in [-0.25, -0.2) is 8.78 Å². The van der Waals surface area contributed by atoms with Crippen LogP contribution in [0, 0.1) is 11.6 Å². The highest BCUT2D eigenvalue weighted by Crippen LogP contribution is 2.38. The molecule has 0 spiro atoms. The number of rotatable bonds is 2. The van der Waals surface area contributed by atoms with Gasteiger partial charge in [0.25, 0.3) is 0 Å². The minimum atomic E-state index is -0.534. The summed E-state index contributed by atoms with van der Waals surface area (Å²) in [6.45, 7) is 2.13. The van der Waals surface area contributed by atoms with Crippen LogP contribution < -0.4 is 0 Å². The van der Waals surface area contributed by atoms with Crippen LogP contribution in [-0.2, 0) is 19.3 Å². The van der Waals surface area contributed by atoms with Crippen LogP contribution in [-0.4, -0.2) is 0 Å². The summed E-state index contributed by atoms with van der Waals surface area (Å²) in [6, 6.07) is 14.3. The third-order valence-corrected chi connectivity index (χ3v) is 5.26. The molecule has 0 aromatic heterocycles. The SMILES string of the molecule is CCc1ccc2c(c1)CCc1cc(-c3ccc(Cl)c(F)c3)c(F)cc1-2. The molecule has 0 nitrogen and oxygen atoms in total. The molecule has 3 aromatic carbocycles. The van der Waals surface area contributed by atoms with Crippen LogP contribution in [0.3, 0.4) is 0 Å². The van der Waals surface area contributed by atoms with E-state index in [1.54, 1.807) is 12.1 Å². The maximum absolute atomic E-state index is 14.8. The predicted molar refractivity (Wildman–Crippen MR) is 99.0 cm³/mol. The molecule has 0 saturated carbocycles. The van der Waals surface area contributed by atoms with Crippen molar-refractivity contribution in [1.82, 2.24) is 0 Å². The van der Waals surface area contributed by atoms with Crippen molar-refractivity contribution in [2.24, 2.45) is 0 Å². The lowest BCUT2D eigenvalue weighted by atomic mass is 9.83. The molecule has 0 amide bonds. The molecule has 4 rings (SSSR count). The van der Waals surface area contributed by atoms with Gasteiger partial charge in [-0.2, -0.15) is 0 Å². The van der Waals surface area contributed by atoms with Crippen molar-refractivity contribution in [3.05, 3.63) is 81.9 Å². The van der Waals surface area contributed by atoms with Crippen molar-refractivity contribution in [2.45, 2.75) is 26.2 Å². The Hall–Kier alpha value is -2.19. The van der Waals surface area contributed by atoms with E-state index in [1.165, 1.54) is 23.3 Å². The van der Waals surface area contributed by atoms with Gasteiger partial charge in [0.1, 0.15) is 11.6 Å². The minimum Gasteiger partial charge on any atom is -0.206 e. The molecule has 126 valence electrons. The Kier molecular flexibility index (Phi) is 4.09. The van der Waals surface area contributed by atoms with Gasteiger partial charge in [0.15, 0.2) is 0 Å². The second-order valence-corrected chi connectivity index (χ2v) is 6.87. The van der Waals surface area contributed by atoms with Gasteiger partial charge in [0, 0.05) is 5.56 Å². The monoisotopic (exact) mass is 354 g/mol. The Balaban J connectivity index is 1.84. The molecule has 0 heterocycles. The van der Waals surface area contributed by atoms with Gasteiger partial charge in [0.2, 0.25) is 0 Å². The lowest BCUT2D eigenvalue weighted by Gasteiger charge is -2.22. The third-order valence-electron chi connectivity index (χ3n) is 4.96. The number of aryl methyl sites for hydroxylation is 3. The highest BCUT2D eigenvalue weighted by atomic mass is 35.5. The fraction of sp³-hybridized carbons (Fsp3) is 0.182. The minimum absolute atomic E-state index is 0.0442. The normalized spacial score (nSPS) is 12.6. The molecule has 0 N–H and O–H groups in total. The Morgan fingerprint density at radius 2 is 1.56 bits per heavy atom. The average molecular weight is 355 g/mol. The first kappa shape index (κ1) is 16.3. The molecule has 0 aliphatic heterocycles. The van der Waals surface area contributed by atoms with E-state index in [1.807, 2.05) is 6.07 Å². The molecule has 0 atom stereocenters. The van der Waals surface area contributed by atoms with Crippen LogP contribution in [0.1, 0.15) is 23.6 Å². The molecular formula is C22H17ClF2. The summed E-state index contributed by atoms with van der Waals surface area (Å²) < 4.78 is 28.5. The zero-order chi connectivity index (χ0) is 17.6. The van der Waals surface area contributed by atoms with E-state index >= 15 is 0 Å². The number of halogens is 3. The van der Waals surface area contributed by atoms with Crippen LogP contribution in [0.25, 0.3) is 22.3 Å². The summed E-state index contributed by atoms with van der Waals surface area (Å²) in [4.78, 5) is 0. The number of hydrogen-bond acceptors (Lipinski definition) is 0. The van der Waals surface area contributed by atoms with Crippen LogP contribution in [0.15, 0.2) is 48.5 Å². The van der Waals surface area contributed by atoms with Crippen molar-refractivity contribution in [3.8, 4) is 22.3 Å². The van der Waals surface area contributed by atoms with Crippen molar-refractivity contribution < 1.29 is 8.78 Å². The molecule has 0 fully saturated rings. The predicted octanol–water partition coefficient (Wildman–Crippen LogP) is 6.61. The topological polar surface area (TPSA) is 0 Å². The van der Waals surface area contributed by atoms with Gasteiger partial charge < -0.3 is 0 Å². The molecule has 0 saturated heterocycles. The van der Waals surface area contributed by atoms with E-state index in [-0.39, 0.29) is 10.8 Å². The van der Waals surface area contributed by atoms with Gasteiger partial charge in [0.05, 0.1) is 5.02 Å². The van der Waals surface area contributed by atoms with Gasteiger partial charge in [-0.05, 0) is 76.9 Å². The molecule has 1 aliphatic rings. The Morgan fingerprint density at radius 1 is 0.800 bits per heavy atom. The van der Waals surface area contributed by atoms with Crippen LogP contribution in [0.4, 0.5) is 8.78 Å². The quantitative estimate of drug-likeness (QED) is 0.485. The van der Waals surface area contributed by atoms with Crippen LogP contribution in [0.5, 0.6) is 0 Å². The zero-order valence-electron chi connectivity index (χ0n) is 13.9. The lowest BCUT2D eigenvalue weighted by molar-refractivity contribution is 0.624. The van der Waals surface area contributed by atoms with E-state index in [0.29, 0.717) is 11.1 Å². The molecule has 0 radical (unpaired) electrons. The summed E-state index contributed by atoms with van der Waals surface area (Å²) >= 11 is 5.74. The number of hydrogen-bond donors (Lipinski definition) is 0. The first-order valence-electron chi connectivity index (χ1n) is 8.47. The van der Waals surface area contributed by atoms with Gasteiger partial charge in [-0.15, -0.1) is 0 Å². The molecule has 25 heavy (non-hydrogen) atoms. The van der Waals surface area contributed by atoms with Gasteiger partial charge >= 0.3 is 0 Å². The molecular weight excluding hydrogens is 338 g/mol. The molecule has 3 aromatic rings. The summed E-state index contributed by atoms with van der Waals surface area (Å²) in [7, 11) is 0. The number of benzene rings is 3. The number of fused-ring (bicyclic) bond motifs is 3. The van der Waals surface area contributed by atoms with E-state index in [4.69, 9.17) is 11.6 Å². The van der Waals surface area contributed by atoms with Crippen molar-refractivity contribution in [3.63, 3.8) is 0 Å². The van der Waals surface area contributed by atoms with Gasteiger partial charge in [-0.3, -0.25) is 0 Å². The molecule has 0 bridgehead atoms. The first-order chi connectivity index (χ1) is 12.1. The lowest BCUT2D eigenvalue weighted by Crippen LogP contribution is -2.06. The van der Waals surface area contributed by atoms with Crippen molar-refractivity contribution in [1.29, 1.82) is 0 Å². The Morgan fingerprint density at radius 3 is 2.28 bits per heavy atom. The maximum Gasteiger partial charge on any atom is 0.142 e. The first-order valence-corrected chi connectivity index (χ1v) is 8.84. The second-order valence-electron chi connectivity index (χ2n) is 6.46. The maximum atomic E-state index is 14.8. The zero-order valence-corrected chi connectivity index (χ0v) is 14.6. The van der Waals surface area contributed by atoms with Crippen molar-refractivity contribution >= 4 is 11.6 Å². The van der Waals surface area contributed by atoms with E-state index in [2.05, 4.69) is 25.1 Å². The fourth-order valence-corrected chi connectivity index (χ4v) is 3.68. The van der Waals surface area contributed by atoms with Crippen molar-refractivity contribution in [2.75, 3.05) is 0 Å². The molecule has 3 heteroatoms. The van der Waals surface area contributed by atoms with Gasteiger partial charge in [-0.1, -0.05) is 42.8 Å². The van der Waals surface area contributed by atoms with Crippen LogP contribution >= 0.6 is 11.6 Å². The Bertz CT molecular complexity index is 976. The fourth-order valence-electron chi connectivity index (χ4n) is 3.57. The molecule has 0 unspecified atom stereocenters. The average Bonchev–Trinajstić information content (AvgIpc) is 2.63. The Labute approximate surface area is 151 Å². The smallest absolute Gasteiger partial charge is 0.142 e. The van der Waals surface area contributed by atoms with E-state index in [9.17, 15) is 8.78 Å². The highest BCUT2D eigenvalue weighted by Gasteiger charge is 2.20. The largest absolute Gasteiger partial charge is 0.206 e. The molecule has 1 aliphatic carbocycles.